The molecule has 1 aromatic rings. The van der Waals surface area contributed by atoms with E-state index < -0.39 is 0 Å². The maximum absolute atomic E-state index is 11.7. The Morgan fingerprint density at radius 2 is 2.37 bits per heavy atom. The third kappa shape index (κ3) is 4.04. The molecule has 2 rings (SSSR count). The van der Waals surface area contributed by atoms with Gasteiger partial charge in [-0.15, -0.1) is 11.3 Å². The summed E-state index contributed by atoms with van der Waals surface area (Å²) in [6.07, 6.45) is 1.67. The molecular formula is C14H21BrN2OS. The third-order valence-electron chi connectivity index (χ3n) is 3.73. The number of nitrogens with zero attached hydrogens (tertiary/aromatic N) is 1. The second-order valence-electron chi connectivity index (χ2n) is 5.15. The number of amides is 1. The molecule has 5 heteroatoms. The predicted octanol–water partition coefficient (Wildman–Crippen LogP) is 3.25. The molecule has 0 unspecified atom stereocenters. The molecule has 1 saturated heterocycles. The van der Waals surface area contributed by atoms with Gasteiger partial charge in [0.25, 0.3) is 0 Å². The van der Waals surface area contributed by atoms with Crippen LogP contribution in [0.5, 0.6) is 0 Å². The lowest BCUT2D eigenvalue weighted by Crippen LogP contribution is -2.49. The van der Waals surface area contributed by atoms with Crippen LogP contribution in [0.3, 0.4) is 0 Å². The van der Waals surface area contributed by atoms with Crippen LogP contribution in [0.4, 0.5) is 0 Å². The fourth-order valence-corrected chi connectivity index (χ4v) is 4.01. The summed E-state index contributed by atoms with van der Waals surface area (Å²) in [6, 6.07) is 4.76. The summed E-state index contributed by atoms with van der Waals surface area (Å²) in [7, 11) is 0. The van der Waals surface area contributed by atoms with Gasteiger partial charge in [0.2, 0.25) is 5.91 Å². The van der Waals surface area contributed by atoms with Crippen LogP contribution in [0.2, 0.25) is 0 Å². The largest absolute Gasteiger partial charge is 0.342 e. The summed E-state index contributed by atoms with van der Waals surface area (Å²) in [5.41, 5.74) is 0. The van der Waals surface area contributed by atoms with Gasteiger partial charge in [-0.2, -0.15) is 0 Å². The molecule has 1 aromatic heterocycles. The molecule has 0 radical (unpaired) electrons. The average Bonchev–Trinajstić information content (AvgIpc) is 2.82. The van der Waals surface area contributed by atoms with Crippen molar-refractivity contribution in [3.8, 4) is 0 Å². The highest BCUT2D eigenvalue weighted by molar-refractivity contribution is 9.11. The van der Waals surface area contributed by atoms with Crippen LogP contribution in [0.15, 0.2) is 15.9 Å². The SMILES string of the molecule is CCC(=O)N1CC[C@@H](NCc2ccc(Br)s2)[C@@H](C)C1. The van der Waals surface area contributed by atoms with Gasteiger partial charge in [-0.1, -0.05) is 13.8 Å². The van der Waals surface area contributed by atoms with E-state index in [1.165, 1.54) is 8.66 Å². The van der Waals surface area contributed by atoms with Gasteiger partial charge in [-0.25, -0.2) is 0 Å². The number of nitrogens with one attached hydrogen (secondary N) is 1. The van der Waals surface area contributed by atoms with Crippen LogP contribution in [-0.2, 0) is 11.3 Å². The number of rotatable bonds is 4. The smallest absolute Gasteiger partial charge is 0.222 e. The zero-order chi connectivity index (χ0) is 13.8. The first-order valence-corrected chi connectivity index (χ1v) is 8.46. The molecule has 0 spiro atoms. The fraction of sp³-hybridized carbons (Fsp3) is 0.643. The van der Waals surface area contributed by atoms with E-state index in [4.69, 9.17) is 0 Å². The predicted molar refractivity (Wildman–Crippen MR) is 83.3 cm³/mol. The summed E-state index contributed by atoms with van der Waals surface area (Å²) in [5, 5.41) is 3.63. The molecule has 0 aromatic carbocycles. The number of hydrogen-bond acceptors (Lipinski definition) is 3. The topological polar surface area (TPSA) is 32.3 Å². The number of piperidine rings is 1. The van der Waals surface area contributed by atoms with Crippen molar-refractivity contribution in [2.75, 3.05) is 13.1 Å². The molecule has 2 heterocycles. The van der Waals surface area contributed by atoms with E-state index in [9.17, 15) is 4.79 Å². The quantitative estimate of drug-likeness (QED) is 0.909. The molecule has 1 N–H and O–H groups in total. The number of halogens is 1. The minimum atomic E-state index is 0.285. The molecule has 1 aliphatic heterocycles. The Bertz CT molecular complexity index is 435. The average molecular weight is 345 g/mol. The van der Waals surface area contributed by atoms with E-state index in [0.29, 0.717) is 18.4 Å². The van der Waals surface area contributed by atoms with Crippen LogP contribution < -0.4 is 5.32 Å². The van der Waals surface area contributed by atoms with Gasteiger partial charge in [0, 0.05) is 37.0 Å². The highest BCUT2D eigenvalue weighted by Gasteiger charge is 2.27. The van der Waals surface area contributed by atoms with Crippen LogP contribution in [0.1, 0.15) is 31.6 Å². The molecule has 1 amide bonds. The van der Waals surface area contributed by atoms with Gasteiger partial charge in [-0.05, 0) is 40.4 Å². The van der Waals surface area contributed by atoms with Crippen molar-refractivity contribution in [1.82, 2.24) is 10.2 Å². The molecule has 106 valence electrons. The summed E-state index contributed by atoms with van der Waals surface area (Å²) >= 11 is 5.26. The Morgan fingerprint density at radius 3 is 2.95 bits per heavy atom. The van der Waals surface area contributed by atoms with E-state index in [1.807, 2.05) is 11.8 Å². The lowest BCUT2D eigenvalue weighted by molar-refractivity contribution is -0.132. The van der Waals surface area contributed by atoms with Crippen LogP contribution >= 0.6 is 27.3 Å². The van der Waals surface area contributed by atoms with Gasteiger partial charge in [0.15, 0.2) is 0 Å². The van der Waals surface area contributed by atoms with Crippen molar-refractivity contribution in [3.05, 3.63) is 20.8 Å². The third-order valence-corrected chi connectivity index (χ3v) is 5.35. The number of carbonyl (C=O) groups excluding carboxylic acids is 1. The highest BCUT2D eigenvalue weighted by Crippen LogP contribution is 2.23. The first-order chi connectivity index (χ1) is 9.10. The van der Waals surface area contributed by atoms with Gasteiger partial charge in [0.1, 0.15) is 0 Å². The van der Waals surface area contributed by atoms with Crippen molar-refractivity contribution in [3.63, 3.8) is 0 Å². The summed E-state index contributed by atoms with van der Waals surface area (Å²) in [6.45, 7) is 6.87. The van der Waals surface area contributed by atoms with Crippen LogP contribution in [0.25, 0.3) is 0 Å². The van der Waals surface area contributed by atoms with E-state index >= 15 is 0 Å². The molecule has 0 aliphatic carbocycles. The van der Waals surface area contributed by atoms with E-state index in [-0.39, 0.29) is 5.91 Å². The Balaban J connectivity index is 1.81. The zero-order valence-electron chi connectivity index (χ0n) is 11.5. The number of carbonyl (C=O) groups is 1. The van der Waals surface area contributed by atoms with E-state index in [0.717, 1.165) is 26.1 Å². The second kappa shape index (κ2) is 6.86. The normalized spacial score (nSPS) is 23.6. The number of hydrogen-bond donors (Lipinski definition) is 1. The first-order valence-electron chi connectivity index (χ1n) is 6.85. The van der Waals surface area contributed by atoms with Gasteiger partial charge < -0.3 is 10.2 Å². The standard InChI is InChI=1S/C14H21BrN2OS/c1-3-14(18)17-7-6-12(10(2)9-17)16-8-11-4-5-13(15)19-11/h4-5,10,12,16H,3,6-9H2,1-2H3/t10-,12+/m0/s1. The Hall–Kier alpha value is -0.390. The highest BCUT2D eigenvalue weighted by atomic mass is 79.9. The molecule has 2 atom stereocenters. The number of likely N-dealkylation sites (tertiary alicyclic amines) is 1. The molecule has 1 aliphatic rings. The number of thiophene rings is 1. The minimum absolute atomic E-state index is 0.285. The van der Waals surface area contributed by atoms with Crippen molar-refractivity contribution in [2.45, 2.75) is 39.3 Å². The Labute approximate surface area is 127 Å². The van der Waals surface area contributed by atoms with Crippen molar-refractivity contribution >= 4 is 33.2 Å². The van der Waals surface area contributed by atoms with Crippen LogP contribution in [0, 0.1) is 5.92 Å². The Kier molecular flexibility index (Phi) is 5.42. The first kappa shape index (κ1) is 15.0. The molecule has 19 heavy (non-hydrogen) atoms. The molecule has 1 fully saturated rings. The lowest BCUT2D eigenvalue weighted by atomic mass is 9.93. The minimum Gasteiger partial charge on any atom is -0.342 e. The fourth-order valence-electron chi connectivity index (χ4n) is 2.58. The Morgan fingerprint density at radius 1 is 1.58 bits per heavy atom. The van der Waals surface area contributed by atoms with Crippen molar-refractivity contribution in [2.24, 2.45) is 5.92 Å². The lowest BCUT2D eigenvalue weighted by Gasteiger charge is -2.37. The maximum Gasteiger partial charge on any atom is 0.222 e. The second-order valence-corrected chi connectivity index (χ2v) is 7.70. The summed E-state index contributed by atoms with van der Waals surface area (Å²) in [4.78, 5) is 15.1. The van der Waals surface area contributed by atoms with E-state index in [1.54, 1.807) is 11.3 Å². The van der Waals surface area contributed by atoms with Crippen molar-refractivity contribution < 1.29 is 4.79 Å². The van der Waals surface area contributed by atoms with E-state index in [2.05, 4.69) is 40.3 Å². The summed E-state index contributed by atoms with van der Waals surface area (Å²) in [5.74, 6) is 0.806. The van der Waals surface area contributed by atoms with Gasteiger partial charge in [0.05, 0.1) is 3.79 Å². The van der Waals surface area contributed by atoms with Crippen molar-refractivity contribution in [1.29, 1.82) is 0 Å². The monoisotopic (exact) mass is 344 g/mol. The van der Waals surface area contributed by atoms with Gasteiger partial charge in [-0.3, -0.25) is 4.79 Å². The molecule has 0 bridgehead atoms. The zero-order valence-corrected chi connectivity index (χ0v) is 13.9. The molecule has 0 saturated carbocycles. The summed E-state index contributed by atoms with van der Waals surface area (Å²) < 4.78 is 1.18. The molecular weight excluding hydrogens is 324 g/mol. The van der Waals surface area contributed by atoms with Crippen LogP contribution in [-0.4, -0.2) is 29.9 Å². The molecule has 3 nitrogen and oxygen atoms in total. The maximum atomic E-state index is 11.7. The van der Waals surface area contributed by atoms with Gasteiger partial charge >= 0.3 is 0 Å².